The molecular weight excluding hydrogens is 508 g/mol. The van der Waals surface area contributed by atoms with Crippen molar-refractivity contribution in [2.45, 2.75) is 87.5 Å². The number of carbonyl (C=O) groups is 2. The number of cyclic esters (lactones) is 1. The topological polar surface area (TPSA) is 133 Å². The lowest BCUT2D eigenvalue weighted by Gasteiger charge is -2.58. The number of carbonyl (C=O) groups excluding carboxylic acids is 2. The van der Waals surface area contributed by atoms with E-state index in [2.05, 4.69) is 19.9 Å². The Morgan fingerprint density at radius 2 is 1.82 bits per heavy atom. The maximum absolute atomic E-state index is 13.3. The zero-order chi connectivity index (χ0) is 27.2. The second kappa shape index (κ2) is 8.58. The van der Waals surface area contributed by atoms with E-state index in [1.54, 1.807) is 12.2 Å². The predicted molar refractivity (Wildman–Crippen MR) is 133 cm³/mol. The number of rotatable bonds is 0. The van der Waals surface area contributed by atoms with Crippen LogP contribution in [0.25, 0.3) is 0 Å². The second-order valence-corrected chi connectivity index (χ2v) is 12.1. The molecule has 4 saturated heterocycles. The second-order valence-electron chi connectivity index (χ2n) is 12.1. The van der Waals surface area contributed by atoms with Gasteiger partial charge in [0.2, 0.25) is 0 Å². The summed E-state index contributed by atoms with van der Waals surface area (Å²) in [6.07, 6.45) is 6.94. The van der Waals surface area contributed by atoms with Crippen LogP contribution in [0.15, 0.2) is 47.6 Å². The molecule has 4 bridgehead atoms. The van der Waals surface area contributed by atoms with Gasteiger partial charge < -0.3 is 38.6 Å². The smallest absolute Gasteiger partial charge is 0.331 e. The van der Waals surface area contributed by atoms with Crippen molar-refractivity contribution >= 4 is 11.9 Å². The van der Waals surface area contributed by atoms with Crippen molar-refractivity contribution in [3.8, 4) is 0 Å². The number of hydrogen-bond acceptors (Lipinski definition) is 10. The van der Waals surface area contributed by atoms with E-state index in [0.717, 1.165) is 6.42 Å². The molecular formula is C29H34O10. The maximum atomic E-state index is 13.3. The Morgan fingerprint density at radius 1 is 1.00 bits per heavy atom. The third kappa shape index (κ3) is 3.36. The molecule has 0 aromatic carbocycles. The van der Waals surface area contributed by atoms with Crippen LogP contribution in [0.1, 0.15) is 39.5 Å². The summed E-state index contributed by atoms with van der Waals surface area (Å²) in [6, 6.07) is 0. The summed E-state index contributed by atoms with van der Waals surface area (Å²) in [4.78, 5) is 26.4. The van der Waals surface area contributed by atoms with Gasteiger partial charge in [-0.15, -0.1) is 0 Å². The quantitative estimate of drug-likeness (QED) is 0.263. The van der Waals surface area contributed by atoms with Gasteiger partial charge in [-0.3, -0.25) is 0 Å². The van der Waals surface area contributed by atoms with E-state index in [9.17, 15) is 19.8 Å². The number of allylic oxidation sites excluding steroid dienone is 3. The van der Waals surface area contributed by atoms with E-state index < -0.39 is 58.6 Å². The molecule has 1 saturated carbocycles. The van der Waals surface area contributed by atoms with E-state index >= 15 is 0 Å². The Bertz CT molecular complexity index is 1210. The predicted octanol–water partition coefficient (Wildman–Crippen LogP) is 1.40. The number of aliphatic hydroxyl groups is 2. The first kappa shape index (κ1) is 25.6. The van der Waals surface area contributed by atoms with Gasteiger partial charge in [0.1, 0.15) is 36.1 Å². The van der Waals surface area contributed by atoms with Crippen molar-refractivity contribution < 1.29 is 48.2 Å². The SMILES string of the molecule is CC1=C[C@H]2O[C@@H]3C[C@H]4OC(=O)/C=C\C=C\[C@]56OCC/C(=C\C(=O)OC[C@@]2(CC1)[C@]4(C)[C@]31CO1)[C@H]5O[C@@H](O)[C@@H]6O. The average Bonchev–Trinajstić information content (AvgIpc) is 3.64. The monoisotopic (exact) mass is 542 g/mol. The summed E-state index contributed by atoms with van der Waals surface area (Å²) < 4.78 is 36.5. The van der Waals surface area contributed by atoms with Crippen molar-refractivity contribution in [3.05, 3.63) is 47.6 Å². The number of esters is 2. The van der Waals surface area contributed by atoms with Crippen molar-refractivity contribution in [3.63, 3.8) is 0 Å². The first-order chi connectivity index (χ1) is 18.7. The zero-order valence-corrected chi connectivity index (χ0v) is 22.0. The highest BCUT2D eigenvalue weighted by molar-refractivity contribution is 5.83. The normalized spacial score (nSPS) is 53.4. The Hall–Kier alpha value is -2.34. The summed E-state index contributed by atoms with van der Waals surface area (Å²) >= 11 is 0. The van der Waals surface area contributed by atoms with Gasteiger partial charge in [-0.2, -0.15) is 0 Å². The van der Waals surface area contributed by atoms with Crippen molar-refractivity contribution in [1.29, 1.82) is 0 Å². The number of aliphatic hydroxyl groups excluding tert-OH is 2. The van der Waals surface area contributed by atoms with Crippen LogP contribution in [0.4, 0.5) is 0 Å². The Morgan fingerprint density at radius 3 is 2.62 bits per heavy atom. The molecule has 5 aliphatic heterocycles. The van der Waals surface area contributed by atoms with E-state index in [4.69, 9.17) is 28.4 Å². The van der Waals surface area contributed by atoms with Crippen molar-refractivity contribution in [2.75, 3.05) is 19.8 Å². The lowest BCUT2D eigenvalue weighted by atomic mass is 9.51. The molecule has 5 heterocycles. The minimum absolute atomic E-state index is 0.0562. The van der Waals surface area contributed by atoms with Crippen molar-refractivity contribution in [1.82, 2.24) is 0 Å². The van der Waals surface area contributed by atoms with Crippen molar-refractivity contribution in [2.24, 2.45) is 10.8 Å². The van der Waals surface area contributed by atoms with Gasteiger partial charge in [-0.05, 0) is 37.8 Å². The number of hydrogen-bond donors (Lipinski definition) is 2. The molecule has 2 spiro atoms. The first-order valence-electron chi connectivity index (χ1n) is 13.7. The Kier molecular flexibility index (Phi) is 5.64. The molecule has 10 nitrogen and oxygen atoms in total. The fraction of sp³-hybridized carbons (Fsp3) is 0.655. The van der Waals surface area contributed by atoms with Gasteiger partial charge in [-0.1, -0.05) is 30.7 Å². The highest BCUT2D eigenvalue weighted by Gasteiger charge is 2.83. The standard InChI is InChI=1S/C29H34O10/c1-16-6-9-27-14-34-22(31)12-17-7-10-35-28(23(32)25(33)39-24(17)28)8-4-3-5-21(30)38-18-13-20(37-19(27)11-16)29(15-36-29)26(18,27)2/h3-5,8,11-12,18-20,23-25,32-33H,6-7,9-10,13-15H2,1-2H3/b5-3-,8-4+,17-12+/t18-,19-,20-,23+,24-,25-,26-,27-,28-,29+/m1/s1. The van der Waals surface area contributed by atoms with Gasteiger partial charge in [-0.25, -0.2) is 9.59 Å². The van der Waals surface area contributed by atoms with E-state index in [-0.39, 0.29) is 25.4 Å². The van der Waals surface area contributed by atoms with E-state index in [1.165, 1.54) is 23.8 Å². The molecule has 0 radical (unpaired) electrons. The van der Waals surface area contributed by atoms with E-state index in [0.29, 0.717) is 31.4 Å². The molecule has 0 aromatic heterocycles. The average molecular weight is 543 g/mol. The van der Waals surface area contributed by atoms with Crippen LogP contribution in [0, 0.1) is 10.8 Å². The third-order valence-electron chi connectivity index (χ3n) is 10.4. The summed E-state index contributed by atoms with van der Waals surface area (Å²) in [5.41, 5.74) is -1.58. The van der Waals surface area contributed by atoms with Gasteiger partial charge in [0.15, 0.2) is 6.29 Å². The molecule has 0 unspecified atom stereocenters. The van der Waals surface area contributed by atoms with Crippen LogP contribution in [0.3, 0.4) is 0 Å². The summed E-state index contributed by atoms with van der Waals surface area (Å²) in [6.45, 7) is 4.93. The van der Waals surface area contributed by atoms with Crippen LogP contribution < -0.4 is 0 Å². The Balaban J connectivity index is 1.32. The minimum Gasteiger partial charge on any atom is -0.462 e. The molecule has 2 N–H and O–H groups in total. The molecule has 39 heavy (non-hydrogen) atoms. The highest BCUT2D eigenvalue weighted by Crippen LogP contribution is 2.72. The lowest BCUT2D eigenvalue weighted by molar-refractivity contribution is -0.232. The first-order valence-corrected chi connectivity index (χ1v) is 13.7. The molecule has 0 amide bonds. The minimum atomic E-state index is -1.51. The van der Waals surface area contributed by atoms with Crippen LogP contribution >= 0.6 is 0 Å². The number of ether oxygens (including phenoxy) is 6. The molecule has 10 heteroatoms. The van der Waals surface area contributed by atoms with Crippen LogP contribution in [0.2, 0.25) is 0 Å². The number of epoxide rings is 1. The van der Waals surface area contributed by atoms with Crippen LogP contribution in [-0.4, -0.2) is 90.0 Å². The molecule has 2 aliphatic carbocycles. The van der Waals surface area contributed by atoms with Crippen LogP contribution in [0.5, 0.6) is 0 Å². The summed E-state index contributed by atoms with van der Waals surface area (Å²) in [7, 11) is 0. The molecule has 210 valence electrons. The largest absolute Gasteiger partial charge is 0.462 e. The zero-order valence-electron chi connectivity index (χ0n) is 22.0. The Labute approximate surface area is 226 Å². The molecule has 7 rings (SSSR count). The highest BCUT2D eigenvalue weighted by atomic mass is 16.7. The van der Waals surface area contributed by atoms with Crippen LogP contribution in [-0.2, 0) is 38.0 Å². The maximum Gasteiger partial charge on any atom is 0.331 e. The molecule has 7 aliphatic rings. The molecule has 0 aromatic rings. The summed E-state index contributed by atoms with van der Waals surface area (Å²) in [5, 5.41) is 21.1. The lowest BCUT2D eigenvalue weighted by Crippen LogP contribution is -2.66. The van der Waals surface area contributed by atoms with Gasteiger partial charge in [0, 0.05) is 24.0 Å². The summed E-state index contributed by atoms with van der Waals surface area (Å²) in [5.74, 6) is -1.08. The molecule has 5 fully saturated rings. The van der Waals surface area contributed by atoms with Gasteiger partial charge >= 0.3 is 11.9 Å². The van der Waals surface area contributed by atoms with E-state index in [1.807, 2.05) is 0 Å². The van der Waals surface area contributed by atoms with Gasteiger partial charge in [0.05, 0.1) is 30.8 Å². The van der Waals surface area contributed by atoms with Gasteiger partial charge in [0.25, 0.3) is 0 Å². The fourth-order valence-electron chi connectivity index (χ4n) is 8.14. The fourth-order valence-corrected chi connectivity index (χ4v) is 8.14. The molecule has 10 atom stereocenters. The third-order valence-corrected chi connectivity index (χ3v) is 10.4.